The number of nitrogens with one attached hydrogen (secondary N) is 1. The molecule has 5 N–H and O–H groups in total. The van der Waals surface area contributed by atoms with Gasteiger partial charge in [-0.3, -0.25) is 4.79 Å². The van der Waals surface area contributed by atoms with E-state index in [0.717, 1.165) is 32.6 Å². The number of nitrogens with zero attached hydrogens (tertiary/aromatic N) is 2. The minimum Gasteiger partial charge on any atom is -0.397 e. The summed E-state index contributed by atoms with van der Waals surface area (Å²) >= 11 is 0. The van der Waals surface area contributed by atoms with Crippen molar-refractivity contribution in [3.05, 3.63) is 17.8 Å². The second-order valence-corrected chi connectivity index (χ2v) is 4.38. The fourth-order valence-electron chi connectivity index (χ4n) is 1.86. The first-order valence-corrected chi connectivity index (χ1v) is 6.60. The standard InChI is InChI=1S/C13H23N5O/c1-3-6-18(4-2)7-5-16-12-8-10(13(15)19)11(14)9-17-12/h8-9H,3-7,14H2,1-2H3,(H2,15,19)(H,16,17). The second-order valence-electron chi connectivity index (χ2n) is 4.38. The maximum Gasteiger partial charge on any atom is 0.250 e. The summed E-state index contributed by atoms with van der Waals surface area (Å²) in [6.07, 6.45) is 2.59. The molecule has 19 heavy (non-hydrogen) atoms. The van der Waals surface area contributed by atoms with Crippen LogP contribution in [-0.4, -0.2) is 42.0 Å². The number of carbonyl (C=O) groups is 1. The van der Waals surface area contributed by atoms with Crippen LogP contribution in [0.2, 0.25) is 0 Å². The van der Waals surface area contributed by atoms with Gasteiger partial charge in [0.2, 0.25) is 0 Å². The van der Waals surface area contributed by atoms with Gasteiger partial charge in [0.15, 0.2) is 0 Å². The molecule has 0 aromatic carbocycles. The molecule has 0 radical (unpaired) electrons. The van der Waals surface area contributed by atoms with Crippen LogP contribution in [0.5, 0.6) is 0 Å². The Balaban J connectivity index is 2.54. The van der Waals surface area contributed by atoms with Gasteiger partial charge in [0.1, 0.15) is 5.82 Å². The van der Waals surface area contributed by atoms with Gasteiger partial charge in [0.25, 0.3) is 5.91 Å². The molecule has 1 aromatic rings. The molecule has 6 nitrogen and oxygen atoms in total. The Morgan fingerprint density at radius 3 is 2.74 bits per heavy atom. The summed E-state index contributed by atoms with van der Waals surface area (Å²) in [5.41, 5.74) is 11.5. The highest BCUT2D eigenvalue weighted by atomic mass is 16.1. The second kappa shape index (κ2) is 7.58. The Bertz CT molecular complexity index is 421. The first-order valence-electron chi connectivity index (χ1n) is 6.60. The van der Waals surface area contributed by atoms with Crippen molar-refractivity contribution in [3.8, 4) is 0 Å². The van der Waals surface area contributed by atoms with Crippen LogP contribution < -0.4 is 16.8 Å². The normalized spacial score (nSPS) is 10.7. The van der Waals surface area contributed by atoms with E-state index in [-0.39, 0.29) is 0 Å². The van der Waals surface area contributed by atoms with E-state index in [1.54, 1.807) is 6.07 Å². The number of carbonyl (C=O) groups excluding carboxylic acids is 1. The predicted octanol–water partition coefficient (Wildman–Crippen LogP) is 0.907. The zero-order chi connectivity index (χ0) is 14.3. The van der Waals surface area contributed by atoms with Crippen LogP contribution in [0.1, 0.15) is 30.6 Å². The number of nitrogen functional groups attached to an aromatic ring is 1. The van der Waals surface area contributed by atoms with E-state index in [0.29, 0.717) is 17.1 Å². The summed E-state index contributed by atoms with van der Waals surface area (Å²) in [6, 6.07) is 1.59. The Hall–Kier alpha value is -1.82. The lowest BCUT2D eigenvalue weighted by Gasteiger charge is -2.19. The van der Waals surface area contributed by atoms with Crippen molar-refractivity contribution in [2.24, 2.45) is 5.73 Å². The summed E-state index contributed by atoms with van der Waals surface area (Å²) < 4.78 is 0. The van der Waals surface area contributed by atoms with Gasteiger partial charge in [0, 0.05) is 13.1 Å². The molecule has 1 aromatic heterocycles. The molecule has 0 spiro atoms. The predicted molar refractivity (Wildman–Crippen MR) is 78.1 cm³/mol. The topological polar surface area (TPSA) is 97.3 Å². The van der Waals surface area contributed by atoms with Gasteiger partial charge in [-0.25, -0.2) is 4.98 Å². The minimum absolute atomic E-state index is 0.304. The average Bonchev–Trinajstić information content (AvgIpc) is 2.39. The molecule has 0 aliphatic rings. The van der Waals surface area contributed by atoms with E-state index < -0.39 is 5.91 Å². The fourth-order valence-corrected chi connectivity index (χ4v) is 1.86. The molecular weight excluding hydrogens is 242 g/mol. The van der Waals surface area contributed by atoms with Gasteiger partial charge in [-0.2, -0.15) is 0 Å². The molecule has 0 saturated heterocycles. The maximum absolute atomic E-state index is 11.2. The fraction of sp³-hybridized carbons (Fsp3) is 0.538. The molecule has 0 aliphatic carbocycles. The number of primary amides is 1. The van der Waals surface area contributed by atoms with E-state index in [4.69, 9.17) is 11.5 Å². The highest BCUT2D eigenvalue weighted by molar-refractivity contribution is 5.98. The number of hydrogen-bond donors (Lipinski definition) is 3. The van der Waals surface area contributed by atoms with Gasteiger partial charge in [0.05, 0.1) is 17.4 Å². The van der Waals surface area contributed by atoms with Crippen LogP contribution in [0, 0.1) is 0 Å². The van der Waals surface area contributed by atoms with Crippen molar-refractivity contribution in [2.75, 3.05) is 37.2 Å². The van der Waals surface area contributed by atoms with Gasteiger partial charge in [-0.15, -0.1) is 0 Å². The number of anilines is 2. The number of likely N-dealkylation sites (N-methyl/N-ethyl adjacent to an activating group) is 1. The molecule has 0 atom stereocenters. The summed E-state index contributed by atoms with van der Waals surface area (Å²) in [7, 11) is 0. The van der Waals surface area contributed by atoms with E-state index in [1.807, 2.05) is 0 Å². The SMILES string of the molecule is CCCN(CC)CCNc1cc(C(N)=O)c(N)cn1. The number of aromatic nitrogens is 1. The number of hydrogen-bond acceptors (Lipinski definition) is 5. The molecule has 0 fully saturated rings. The van der Waals surface area contributed by atoms with Crippen LogP contribution in [0.4, 0.5) is 11.5 Å². The lowest BCUT2D eigenvalue weighted by molar-refractivity contribution is 0.100. The average molecular weight is 265 g/mol. The molecule has 0 aliphatic heterocycles. The third-order valence-corrected chi connectivity index (χ3v) is 2.92. The van der Waals surface area contributed by atoms with Gasteiger partial charge in [-0.1, -0.05) is 13.8 Å². The van der Waals surface area contributed by atoms with Crippen molar-refractivity contribution >= 4 is 17.4 Å². The quantitative estimate of drug-likeness (QED) is 0.649. The monoisotopic (exact) mass is 265 g/mol. The van der Waals surface area contributed by atoms with Crippen molar-refractivity contribution in [1.82, 2.24) is 9.88 Å². The molecule has 106 valence electrons. The Morgan fingerprint density at radius 2 is 2.16 bits per heavy atom. The Labute approximate surface area is 114 Å². The van der Waals surface area contributed by atoms with Crippen LogP contribution in [0.25, 0.3) is 0 Å². The van der Waals surface area contributed by atoms with Crippen molar-refractivity contribution in [3.63, 3.8) is 0 Å². The summed E-state index contributed by atoms with van der Waals surface area (Å²) in [5, 5.41) is 3.17. The maximum atomic E-state index is 11.2. The van der Waals surface area contributed by atoms with Crippen LogP contribution >= 0.6 is 0 Å². The third-order valence-electron chi connectivity index (χ3n) is 2.92. The Morgan fingerprint density at radius 1 is 1.42 bits per heavy atom. The van der Waals surface area contributed by atoms with Crippen molar-refractivity contribution < 1.29 is 4.79 Å². The number of rotatable bonds is 8. The van der Waals surface area contributed by atoms with E-state index in [1.165, 1.54) is 6.20 Å². The van der Waals surface area contributed by atoms with Crippen LogP contribution in [0.15, 0.2) is 12.3 Å². The van der Waals surface area contributed by atoms with Crippen molar-refractivity contribution in [2.45, 2.75) is 20.3 Å². The van der Waals surface area contributed by atoms with Gasteiger partial charge < -0.3 is 21.7 Å². The first-order chi connectivity index (χ1) is 9.08. The number of nitrogens with two attached hydrogens (primary N) is 2. The molecule has 6 heteroatoms. The molecule has 0 bridgehead atoms. The van der Waals surface area contributed by atoms with Gasteiger partial charge in [-0.05, 0) is 25.6 Å². The first kappa shape index (κ1) is 15.2. The van der Waals surface area contributed by atoms with Crippen LogP contribution in [-0.2, 0) is 0 Å². The van der Waals surface area contributed by atoms with E-state index >= 15 is 0 Å². The highest BCUT2D eigenvalue weighted by Gasteiger charge is 2.08. The summed E-state index contributed by atoms with van der Waals surface area (Å²) in [4.78, 5) is 17.6. The van der Waals surface area contributed by atoms with Crippen molar-refractivity contribution in [1.29, 1.82) is 0 Å². The summed E-state index contributed by atoms with van der Waals surface area (Å²) in [6.45, 7) is 8.11. The Kier molecular flexibility index (Phi) is 6.08. The number of pyridine rings is 1. The minimum atomic E-state index is -0.538. The third kappa shape index (κ3) is 4.75. The molecule has 1 heterocycles. The highest BCUT2D eigenvalue weighted by Crippen LogP contribution is 2.13. The molecule has 0 saturated carbocycles. The molecule has 1 rings (SSSR count). The lowest BCUT2D eigenvalue weighted by Crippen LogP contribution is -2.29. The smallest absolute Gasteiger partial charge is 0.250 e. The molecule has 0 unspecified atom stereocenters. The number of amides is 1. The van der Waals surface area contributed by atoms with Gasteiger partial charge >= 0.3 is 0 Å². The van der Waals surface area contributed by atoms with Crippen LogP contribution in [0.3, 0.4) is 0 Å². The summed E-state index contributed by atoms with van der Waals surface area (Å²) in [5.74, 6) is 0.0830. The lowest BCUT2D eigenvalue weighted by atomic mass is 10.2. The van der Waals surface area contributed by atoms with E-state index in [9.17, 15) is 4.79 Å². The zero-order valence-electron chi connectivity index (χ0n) is 11.6. The zero-order valence-corrected chi connectivity index (χ0v) is 11.6. The molecular formula is C13H23N5O. The molecule has 1 amide bonds. The van der Waals surface area contributed by atoms with E-state index in [2.05, 4.69) is 29.0 Å². The largest absolute Gasteiger partial charge is 0.397 e.